The van der Waals surface area contributed by atoms with E-state index in [2.05, 4.69) is 20.5 Å². The monoisotopic (exact) mass is 296 g/mol. The van der Waals surface area contributed by atoms with Gasteiger partial charge >= 0.3 is 5.69 Å². The van der Waals surface area contributed by atoms with Crippen LogP contribution in [0.5, 0.6) is 11.5 Å². The van der Waals surface area contributed by atoms with E-state index in [0.29, 0.717) is 17.2 Å². The maximum absolute atomic E-state index is 12.0. The second kappa shape index (κ2) is 5.96. The molecule has 0 spiro atoms. The Kier molecular flexibility index (Phi) is 3.69. The standard InChI is InChI=1S/C15H12N4O3/c20-14(13-17-15(21)19-18-13)16-11-8-4-5-9-12(11)22-10-6-2-1-3-7-10/h1-9H,(H,16,20)(H2,17,18,19,21). The molecule has 0 aliphatic heterocycles. The van der Waals surface area contributed by atoms with Crippen LogP contribution in [0.2, 0.25) is 0 Å². The minimum Gasteiger partial charge on any atom is -0.455 e. The molecule has 0 atom stereocenters. The first kappa shape index (κ1) is 13.6. The summed E-state index contributed by atoms with van der Waals surface area (Å²) >= 11 is 0. The molecule has 0 radical (unpaired) electrons. The van der Waals surface area contributed by atoms with Crippen molar-refractivity contribution >= 4 is 11.6 Å². The summed E-state index contributed by atoms with van der Waals surface area (Å²) in [4.78, 5) is 25.3. The SMILES string of the molecule is O=C(Nc1ccccc1Oc1ccccc1)c1n[nH]c(=O)[nH]1. The van der Waals surface area contributed by atoms with Crippen LogP contribution in [0.4, 0.5) is 5.69 Å². The van der Waals surface area contributed by atoms with Gasteiger partial charge in [-0.3, -0.25) is 9.78 Å². The number of aromatic nitrogens is 3. The quantitative estimate of drug-likeness (QED) is 0.686. The van der Waals surface area contributed by atoms with Gasteiger partial charge in [-0.25, -0.2) is 9.89 Å². The molecule has 0 aliphatic rings. The molecule has 0 saturated heterocycles. The van der Waals surface area contributed by atoms with Gasteiger partial charge in [-0.15, -0.1) is 5.10 Å². The van der Waals surface area contributed by atoms with Crippen LogP contribution in [0, 0.1) is 0 Å². The number of aromatic amines is 2. The lowest BCUT2D eigenvalue weighted by Crippen LogP contribution is -2.15. The number of anilines is 1. The van der Waals surface area contributed by atoms with Gasteiger partial charge in [-0.2, -0.15) is 0 Å². The van der Waals surface area contributed by atoms with Crippen molar-refractivity contribution in [1.82, 2.24) is 15.2 Å². The number of rotatable bonds is 4. The van der Waals surface area contributed by atoms with E-state index in [1.54, 1.807) is 24.3 Å². The van der Waals surface area contributed by atoms with Gasteiger partial charge in [0, 0.05) is 0 Å². The van der Waals surface area contributed by atoms with Crippen molar-refractivity contribution in [2.45, 2.75) is 0 Å². The summed E-state index contributed by atoms with van der Waals surface area (Å²) in [7, 11) is 0. The maximum atomic E-state index is 12.0. The Labute approximate surface area is 125 Å². The highest BCUT2D eigenvalue weighted by Crippen LogP contribution is 2.29. The highest BCUT2D eigenvalue weighted by Gasteiger charge is 2.13. The van der Waals surface area contributed by atoms with Crippen LogP contribution in [-0.2, 0) is 0 Å². The summed E-state index contributed by atoms with van der Waals surface area (Å²) in [6.07, 6.45) is 0. The molecule has 3 N–H and O–H groups in total. The number of nitrogens with zero attached hydrogens (tertiary/aromatic N) is 1. The third kappa shape index (κ3) is 3.04. The average molecular weight is 296 g/mol. The van der Waals surface area contributed by atoms with Crippen LogP contribution < -0.4 is 15.7 Å². The normalized spacial score (nSPS) is 10.2. The third-order valence-electron chi connectivity index (χ3n) is 2.82. The van der Waals surface area contributed by atoms with Crippen molar-refractivity contribution in [3.05, 3.63) is 70.9 Å². The van der Waals surface area contributed by atoms with E-state index in [0.717, 1.165) is 0 Å². The molecule has 110 valence electrons. The van der Waals surface area contributed by atoms with Gasteiger partial charge in [0.1, 0.15) is 5.75 Å². The lowest BCUT2D eigenvalue weighted by molar-refractivity contribution is 0.101. The number of carbonyl (C=O) groups is 1. The minimum absolute atomic E-state index is 0.0977. The predicted molar refractivity (Wildman–Crippen MR) is 80.1 cm³/mol. The topological polar surface area (TPSA) is 99.9 Å². The maximum Gasteiger partial charge on any atom is 0.341 e. The lowest BCUT2D eigenvalue weighted by Gasteiger charge is -2.11. The van der Waals surface area contributed by atoms with Crippen LogP contribution >= 0.6 is 0 Å². The zero-order valence-electron chi connectivity index (χ0n) is 11.4. The molecule has 3 aromatic rings. The number of para-hydroxylation sites is 3. The fraction of sp³-hybridized carbons (Fsp3) is 0. The molecule has 0 unspecified atom stereocenters. The molecular weight excluding hydrogens is 284 g/mol. The molecule has 3 rings (SSSR count). The van der Waals surface area contributed by atoms with Gasteiger partial charge in [0.05, 0.1) is 5.69 Å². The molecule has 22 heavy (non-hydrogen) atoms. The number of nitrogens with one attached hydrogen (secondary N) is 3. The van der Waals surface area contributed by atoms with E-state index in [-0.39, 0.29) is 5.82 Å². The zero-order valence-corrected chi connectivity index (χ0v) is 11.4. The van der Waals surface area contributed by atoms with Crippen LogP contribution in [0.3, 0.4) is 0 Å². The summed E-state index contributed by atoms with van der Waals surface area (Å²) in [6, 6.07) is 16.2. The number of hydrogen-bond acceptors (Lipinski definition) is 4. The van der Waals surface area contributed by atoms with Gasteiger partial charge in [-0.05, 0) is 24.3 Å². The van der Waals surface area contributed by atoms with E-state index in [1.165, 1.54) is 0 Å². The number of amides is 1. The Balaban J connectivity index is 1.82. The van der Waals surface area contributed by atoms with Gasteiger partial charge in [0.2, 0.25) is 5.82 Å². The van der Waals surface area contributed by atoms with Crippen molar-refractivity contribution in [3.8, 4) is 11.5 Å². The van der Waals surface area contributed by atoms with Crippen molar-refractivity contribution in [2.24, 2.45) is 0 Å². The molecule has 0 fully saturated rings. The first-order valence-electron chi connectivity index (χ1n) is 6.50. The zero-order chi connectivity index (χ0) is 15.4. The Morgan fingerprint density at radius 2 is 1.77 bits per heavy atom. The minimum atomic E-state index is -0.543. The van der Waals surface area contributed by atoms with Gasteiger partial charge in [0.15, 0.2) is 5.75 Å². The van der Waals surface area contributed by atoms with Crippen LogP contribution in [0.1, 0.15) is 10.6 Å². The molecule has 7 heteroatoms. The third-order valence-corrected chi connectivity index (χ3v) is 2.82. The van der Waals surface area contributed by atoms with Gasteiger partial charge < -0.3 is 10.1 Å². The molecule has 1 heterocycles. The number of H-pyrrole nitrogens is 2. The van der Waals surface area contributed by atoms with E-state index in [4.69, 9.17) is 4.74 Å². The van der Waals surface area contributed by atoms with Gasteiger partial charge in [0.25, 0.3) is 5.91 Å². The smallest absolute Gasteiger partial charge is 0.341 e. The fourth-order valence-corrected chi connectivity index (χ4v) is 1.83. The number of benzene rings is 2. The molecular formula is C15H12N4O3. The van der Waals surface area contributed by atoms with Crippen LogP contribution in [0.15, 0.2) is 59.4 Å². The number of hydrogen-bond donors (Lipinski definition) is 3. The molecule has 0 bridgehead atoms. The molecule has 7 nitrogen and oxygen atoms in total. The van der Waals surface area contributed by atoms with Crippen molar-refractivity contribution in [1.29, 1.82) is 0 Å². The van der Waals surface area contributed by atoms with E-state index >= 15 is 0 Å². The van der Waals surface area contributed by atoms with E-state index in [1.807, 2.05) is 30.3 Å². The number of carbonyl (C=O) groups excluding carboxylic acids is 1. The average Bonchev–Trinajstić information content (AvgIpc) is 2.97. The van der Waals surface area contributed by atoms with E-state index < -0.39 is 11.6 Å². The first-order chi connectivity index (χ1) is 10.7. The lowest BCUT2D eigenvalue weighted by atomic mass is 10.3. The fourth-order valence-electron chi connectivity index (χ4n) is 1.83. The Bertz CT molecular complexity index is 839. The number of ether oxygens (including phenoxy) is 1. The van der Waals surface area contributed by atoms with Crippen LogP contribution in [-0.4, -0.2) is 21.1 Å². The molecule has 0 aliphatic carbocycles. The second-order valence-corrected chi connectivity index (χ2v) is 4.39. The molecule has 1 aromatic heterocycles. The molecule has 0 saturated carbocycles. The van der Waals surface area contributed by atoms with Crippen LogP contribution in [0.25, 0.3) is 0 Å². The Hall–Kier alpha value is -3.35. The largest absolute Gasteiger partial charge is 0.455 e. The van der Waals surface area contributed by atoms with E-state index in [9.17, 15) is 9.59 Å². The van der Waals surface area contributed by atoms with Gasteiger partial charge in [-0.1, -0.05) is 30.3 Å². The highest BCUT2D eigenvalue weighted by atomic mass is 16.5. The summed E-state index contributed by atoms with van der Waals surface area (Å²) in [5, 5.41) is 8.36. The molecule has 1 amide bonds. The first-order valence-corrected chi connectivity index (χ1v) is 6.50. The Morgan fingerprint density at radius 3 is 2.50 bits per heavy atom. The highest BCUT2D eigenvalue weighted by molar-refractivity contribution is 6.02. The molecule has 2 aromatic carbocycles. The summed E-state index contributed by atoms with van der Waals surface area (Å²) < 4.78 is 5.74. The summed E-state index contributed by atoms with van der Waals surface area (Å²) in [5.41, 5.74) is -0.0702. The van der Waals surface area contributed by atoms with Crippen molar-refractivity contribution < 1.29 is 9.53 Å². The summed E-state index contributed by atoms with van der Waals surface area (Å²) in [6.45, 7) is 0. The summed E-state index contributed by atoms with van der Waals surface area (Å²) in [5.74, 6) is 0.499. The Morgan fingerprint density at radius 1 is 1.05 bits per heavy atom. The van der Waals surface area contributed by atoms with Crippen molar-refractivity contribution in [2.75, 3.05) is 5.32 Å². The second-order valence-electron chi connectivity index (χ2n) is 4.39. The van der Waals surface area contributed by atoms with Crippen molar-refractivity contribution in [3.63, 3.8) is 0 Å². The predicted octanol–water partition coefficient (Wildman–Crippen LogP) is 2.14.